The van der Waals surface area contributed by atoms with Crippen LogP contribution in [0.4, 0.5) is 10.1 Å². The Labute approximate surface area is 271 Å². The van der Waals surface area contributed by atoms with Gasteiger partial charge in [0.15, 0.2) is 23.9 Å². The van der Waals surface area contributed by atoms with E-state index in [1.807, 2.05) is 30.3 Å². The van der Waals surface area contributed by atoms with Gasteiger partial charge in [0.05, 0.1) is 33.5 Å². The number of amides is 1. The van der Waals surface area contributed by atoms with Gasteiger partial charge in [-0.25, -0.2) is 9.37 Å². The molecule has 220 valence electrons. The molecule has 0 saturated carbocycles. The summed E-state index contributed by atoms with van der Waals surface area (Å²) in [5.41, 5.74) is 1.43. The fraction of sp³-hybridized carbons (Fsp3) is 0.0625. The van der Waals surface area contributed by atoms with Gasteiger partial charge in [0.1, 0.15) is 11.4 Å². The number of nitrogens with zero attached hydrogens (tertiary/aromatic N) is 3. The zero-order valence-electron chi connectivity index (χ0n) is 22.9. The number of para-hydroxylation sites is 2. The normalized spacial score (nSPS) is 11.4. The van der Waals surface area contributed by atoms with Crippen LogP contribution in [0.15, 0.2) is 104 Å². The van der Waals surface area contributed by atoms with Crippen molar-refractivity contribution in [3.05, 3.63) is 115 Å². The zero-order valence-corrected chi connectivity index (χ0v) is 26.6. The standard InChI is InChI=1S/C32H21BrFIN4O5/c1-42-27-13-18(12-23(35)30(27)43-17-29(40)37-25-9-5-3-7-22(25)34)16-36-39-31(38-24-8-4-2-6-21(24)32(39)41)28-15-19-14-20(33)10-11-26(19)44-28/h2-16H,17H2,1H3,(H,37,40). The van der Waals surface area contributed by atoms with Gasteiger partial charge < -0.3 is 19.2 Å². The van der Waals surface area contributed by atoms with Gasteiger partial charge in [-0.15, -0.1) is 0 Å². The number of hydrogen-bond donors (Lipinski definition) is 1. The van der Waals surface area contributed by atoms with E-state index in [0.717, 1.165) is 9.86 Å². The summed E-state index contributed by atoms with van der Waals surface area (Å²) in [5, 5.41) is 8.23. The molecule has 0 aliphatic heterocycles. The first-order valence-electron chi connectivity index (χ1n) is 13.1. The second kappa shape index (κ2) is 12.6. The number of fused-ring (bicyclic) bond motifs is 2. The number of anilines is 1. The fourth-order valence-electron chi connectivity index (χ4n) is 4.48. The Hall–Kier alpha value is -4.56. The van der Waals surface area contributed by atoms with Crippen molar-refractivity contribution in [2.24, 2.45) is 5.10 Å². The molecule has 6 rings (SSSR count). The Kier molecular flexibility index (Phi) is 8.44. The Bertz CT molecular complexity index is 2150. The Morgan fingerprint density at radius 1 is 1.11 bits per heavy atom. The van der Waals surface area contributed by atoms with Crippen LogP contribution in [0, 0.1) is 9.39 Å². The molecule has 1 N–H and O–H groups in total. The van der Waals surface area contributed by atoms with Crippen LogP contribution in [0.2, 0.25) is 0 Å². The lowest BCUT2D eigenvalue weighted by atomic mass is 10.2. The van der Waals surface area contributed by atoms with Crippen LogP contribution in [0.3, 0.4) is 0 Å². The van der Waals surface area contributed by atoms with E-state index in [1.165, 1.54) is 36.2 Å². The number of ether oxygens (including phenoxy) is 2. The van der Waals surface area contributed by atoms with Gasteiger partial charge in [0.25, 0.3) is 11.5 Å². The first kappa shape index (κ1) is 29.5. The third-order valence-corrected chi connectivity index (χ3v) is 7.82. The fourth-order valence-corrected chi connectivity index (χ4v) is 5.64. The molecule has 0 fully saturated rings. The van der Waals surface area contributed by atoms with Gasteiger partial charge in [-0.3, -0.25) is 9.59 Å². The summed E-state index contributed by atoms with van der Waals surface area (Å²) in [6.45, 7) is -0.371. The molecule has 1 amide bonds. The van der Waals surface area contributed by atoms with Crippen LogP contribution in [0.5, 0.6) is 11.5 Å². The van der Waals surface area contributed by atoms with Crippen molar-refractivity contribution in [2.45, 2.75) is 0 Å². The summed E-state index contributed by atoms with van der Waals surface area (Å²) in [6.07, 6.45) is 1.50. The molecule has 12 heteroatoms. The summed E-state index contributed by atoms with van der Waals surface area (Å²) in [6, 6.07) is 23.7. The minimum absolute atomic E-state index is 0.0580. The SMILES string of the molecule is COc1cc(C=Nn2c(-c3cc4cc(Br)ccc4o3)nc3ccccc3c2=O)cc(I)c1OCC(=O)Nc1ccccc1F. The number of furan rings is 1. The number of methoxy groups -OCH3 is 1. The molecule has 0 spiro atoms. The van der Waals surface area contributed by atoms with Gasteiger partial charge in [-0.1, -0.05) is 40.2 Å². The number of carbonyl (C=O) groups excluding carboxylic acids is 1. The molecule has 44 heavy (non-hydrogen) atoms. The van der Waals surface area contributed by atoms with Crippen LogP contribution in [-0.2, 0) is 4.79 Å². The van der Waals surface area contributed by atoms with E-state index in [9.17, 15) is 14.0 Å². The predicted molar refractivity (Wildman–Crippen MR) is 178 cm³/mol. The largest absolute Gasteiger partial charge is 0.493 e. The second-order valence-corrected chi connectivity index (χ2v) is 11.5. The van der Waals surface area contributed by atoms with Crippen molar-refractivity contribution in [3.8, 4) is 23.1 Å². The minimum Gasteiger partial charge on any atom is -0.493 e. The number of carbonyl (C=O) groups is 1. The third kappa shape index (κ3) is 6.08. The van der Waals surface area contributed by atoms with E-state index >= 15 is 0 Å². The van der Waals surface area contributed by atoms with Crippen LogP contribution >= 0.6 is 38.5 Å². The van der Waals surface area contributed by atoms with Gasteiger partial charge in [-0.05, 0) is 88.8 Å². The van der Waals surface area contributed by atoms with E-state index in [4.69, 9.17) is 18.9 Å². The highest BCUT2D eigenvalue weighted by Gasteiger charge is 2.18. The summed E-state index contributed by atoms with van der Waals surface area (Å²) in [7, 11) is 1.47. The molecule has 4 aromatic carbocycles. The van der Waals surface area contributed by atoms with E-state index < -0.39 is 11.7 Å². The number of halogens is 3. The van der Waals surface area contributed by atoms with E-state index in [2.05, 4.69) is 48.9 Å². The van der Waals surface area contributed by atoms with Crippen molar-refractivity contribution in [1.82, 2.24) is 9.66 Å². The molecule has 0 radical (unpaired) electrons. The summed E-state index contributed by atoms with van der Waals surface area (Å²) >= 11 is 5.52. The summed E-state index contributed by atoms with van der Waals surface area (Å²) in [5.74, 6) is 0.195. The van der Waals surface area contributed by atoms with Crippen LogP contribution in [-0.4, -0.2) is 35.5 Å². The smallest absolute Gasteiger partial charge is 0.282 e. The lowest BCUT2D eigenvalue weighted by Gasteiger charge is -2.14. The molecule has 2 aromatic heterocycles. The van der Waals surface area contributed by atoms with Gasteiger partial charge >= 0.3 is 0 Å². The van der Waals surface area contributed by atoms with E-state index in [-0.39, 0.29) is 23.7 Å². The van der Waals surface area contributed by atoms with Gasteiger partial charge in [0.2, 0.25) is 5.82 Å². The molecular formula is C32H21BrFIN4O5. The third-order valence-electron chi connectivity index (χ3n) is 6.52. The minimum atomic E-state index is -0.547. The number of nitrogens with one attached hydrogen (secondary N) is 1. The predicted octanol–water partition coefficient (Wildman–Crippen LogP) is 7.22. The number of benzene rings is 4. The monoisotopic (exact) mass is 766 g/mol. The molecule has 0 atom stereocenters. The number of rotatable bonds is 8. The Morgan fingerprint density at radius 3 is 2.73 bits per heavy atom. The Balaban J connectivity index is 1.32. The van der Waals surface area contributed by atoms with E-state index in [1.54, 1.807) is 36.4 Å². The maximum Gasteiger partial charge on any atom is 0.282 e. The highest BCUT2D eigenvalue weighted by Crippen LogP contribution is 2.34. The lowest BCUT2D eigenvalue weighted by Crippen LogP contribution is -2.21. The molecule has 0 aliphatic rings. The summed E-state index contributed by atoms with van der Waals surface area (Å²) in [4.78, 5) is 30.7. The molecule has 0 aliphatic carbocycles. The molecule has 9 nitrogen and oxygen atoms in total. The number of aromatic nitrogens is 2. The highest BCUT2D eigenvalue weighted by atomic mass is 127. The first-order chi connectivity index (χ1) is 21.3. The van der Waals surface area contributed by atoms with Crippen LogP contribution in [0.1, 0.15) is 5.56 Å². The van der Waals surface area contributed by atoms with Crippen LogP contribution in [0.25, 0.3) is 33.5 Å². The highest BCUT2D eigenvalue weighted by molar-refractivity contribution is 14.1. The van der Waals surface area contributed by atoms with Crippen molar-refractivity contribution < 1.29 is 23.1 Å². The van der Waals surface area contributed by atoms with Crippen LogP contribution < -0.4 is 20.3 Å². The average molecular weight is 767 g/mol. The first-order valence-corrected chi connectivity index (χ1v) is 15.0. The molecule has 0 unspecified atom stereocenters. The second-order valence-electron chi connectivity index (χ2n) is 9.46. The zero-order chi connectivity index (χ0) is 30.8. The maximum atomic E-state index is 13.9. The molecule has 2 heterocycles. The molecular weight excluding hydrogens is 746 g/mol. The maximum absolute atomic E-state index is 13.9. The molecule has 6 aromatic rings. The summed E-state index contributed by atoms with van der Waals surface area (Å²) < 4.78 is 33.9. The van der Waals surface area contributed by atoms with Crippen molar-refractivity contribution in [3.63, 3.8) is 0 Å². The van der Waals surface area contributed by atoms with E-state index in [0.29, 0.717) is 42.9 Å². The average Bonchev–Trinajstić information content (AvgIpc) is 3.44. The van der Waals surface area contributed by atoms with Gasteiger partial charge in [-0.2, -0.15) is 9.78 Å². The topological polar surface area (TPSA) is 108 Å². The number of hydrogen-bond acceptors (Lipinski definition) is 7. The Morgan fingerprint density at radius 2 is 1.91 bits per heavy atom. The molecule has 0 saturated heterocycles. The molecule has 0 bridgehead atoms. The quantitative estimate of drug-likeness (QED) is 0.130. The van der Waals surface area contributed by atoms with Gasteiger partial charge in [0, 0.05) is 9.86 Å². The van der Waals surface area contributed by atoms with Crippen molar-refractivity contribution in [2.75, 3.05) is 19.0 Å². The lowest BCUT2D eigenvalue weighted by molar-refractivity contribution is -0.118. The van der Waals surface area contributed by atoms with Crippen molar-refractivity contribution in [1.29, 1.82) is 0 Å². The van der Waals surface area contributed by atoms with Crippen molar-refractivity contribution >= 4 is 78.2 Å².